The van der Waals surface area contributed by atoms with E-state index >= 15 is 0 Å². The van der Waals surface area contributed by atoms with Crippen molar-refractivity contribution in [1.29, 1.82) is 0 Å². The fraction of sp³-hybridized carbons (Fsp3) is 0.0952. The van der Waals surface area contributed by atoms with E-state index in [2.05, 4.69) is 15.4 Å². The summed E-state index contributed by atoms with van der Waals surface area (Å²) >= 11 is 1.29. The number of rotatable bonds is 5. The summed E-state index contributed by atoms with van der Waals surface area (Å²) in [6, 6.07) is 16.2. The van der Waals surface area contributed by atoms with Crippen LogP contribution in [0.2, 0.25) is 0 Å². The molecule has 0 unspecified atom stereocenters. The van der Waals surface area contributed by atoms with Crippen LogP contribution in [-0.4, -0.2) is 26.3 Å². The number of anilines is 1. The number of aryl methyl sites for hydroxylation is 1. The predicted octanol–water partition coefficient (Wildman–Crippen LogP) is 4.57. The number of para-hydroxylation sites is 1. The highest BCUT2D eigenvalue weighted by Crippen LogP contribution is 2.26. The Bertz CT molecular complexity index is 1140. The first-order valence-electron chi connectivity index (χ1n) is 8.69. The SMILES string of the molecule is Cc1ccc(-c2cc3c(SCC(=O)Nc4ccccc4F)nccn3n2)cc1. The van der Waals surface area contributed by atoms with E-state index in [-0.39, 0.29) is 17.3 Å². The smallest absolute Gasteiger partial charge is 0.234 e. The normalized spacial score (nSPS) is 10.9. The predicted molar refractivity (Wildman–Crippen MR) is 109 cm³/mol. The third-order valence-corrected chi connectivity index (χ3v) is 5.18. The maximum atomic E-state index is 13.7. The Morgan fingerprint density at radius 2 is 1.96 bits per heavy atom. The third kappa shape index (κ3) is 3.89. The Balaban J connectivity index is 1.51. The summed E-state index contributed by atoms with van der Waals surface area (Å²) in [6.07, 6.45) is 3.42. The van der Waals surface area contributed by atoms with E-state index in [4.69, 9.17) is 0 Å². The quantitative estimate of drug-likeness (QED) is 0.505. The molecule has 0 bridgehead atoms. The average Bonchev–Trinajstić information content (AvgIpc) is 3.13. The van der Waals surface area contributed by atoms with Crippen molar-refractivity contribution in [1.82, 2.24) is 14.6 Å². The zero-order valence-corrected chi connectivity index (χ0v) is 15.9. The third-order valence-electron chi connectivity index (χ3n) is 4.19. The van der Waals surface area contributed by atoms with Crippen molar-refractivity contribution in [2.24, 2.45) is 0 Å². The fourth-order valence-electron chi connectivity index (χ4n) is 2.76. The number of hydrogen-bond acceptors (Lipinski definition) is 4. The molecule has 140 valence electrons. The Hall–Kier alpha value is -3.19. The molecule has 1 amide bonds. The first kappa shape index (κ1) is 18.2. The molecule has 28 heavy (non-hydrogen) atoms. The minimum Gasteiger partial charge on any atom is -0.323 e. The molecule has 2 aromatic carbocycles. The van der Waals surface area contributed by atoms with E-state index in [1.165, 1.54) is 29.5 Å². The Morgan fingerprint density at radius 1 is 1.18 bits per heavy atom. The van der Waals surface area contributed by atoms with E-state index in [1.54, 1.807) is 29.0 Å². The molecule has 0 aliphatic rings. The van der Waals surface area contributed by atoms with Gasteiger partial charge in [0.05, 0.1) is 22.7 Å². The molecule has 4 aromatic rings. The van der Waals surface area contributed by atoms with Gasteiger partial charge < -0.3 is 5.32 Å². The molecule has 0 aliphatic heterocycles. The van der Waals surface area contributed by atoms with Gasteiger partial charge in [-0.05, 0) is 25.1 Å². The van der Waals surface area contributed by atoms with Gasteiger partial charge in [0.15, 0.2) is 0 Å². The van der Waals surface area contributed by atoms with Gasteiger partial charge in [-0.25, -0.2) is 13.9 Å². The lowest BCUT2D eigenvalue weighted by molar-refractivity contribution is -0.113. The van der Waals surface area contributed by atoms with Crippen LogP contribution in [-0.2, 0) is 4.79 Å². The van der Waals surface area contributed by atoms with Gasteiger partial charge in [-0.3, -0.25) is 4.79 Å². The Kier molecular flexibility index (Phi) is 5.08. The van der Waals surface area contributed by atoms with Crippen LogP contribution in [0.15, 0.2) is 72.0 Å². The van der Waals surface area contributed by atoms with Crippen molar-refractivity contribution >= 4 is 28.9 Å². The van der Waals surface area contributed by atoms with Gasteiger partial charge in [-0.15, -0.1) is 0 Å². The van der Waals surface area contributed by atoms with E-state index < -0.39 is 5.82 Å². The van der Waals surface area contributed by atoms with Crippen molar-refractivity contribution in [3.05, 3.63) is 78.4 Å². The number of aromatic nitrogens is 3. The monoisotopic (exact) mass is 392 g/mol. The molecular weight excluding hydrogens is 375 g/mol. The first-order valence-corrected chi connectivity index (χ1v) is 9.67. The van der Waals surface area contributed by atoms with Crippen LogP contribution >= 0.6 is 11.8 Å². The minimum absolute atomic E-state index is 0.117. The van der Waals surface area contributed by atoms with Crippen LogP contribution in [0.25, 0.3) is 16.8 Å². The van der Waals surface area contributed by atoms with Crippen molar-refractivity contribution in [3.63, 3.8) is 0 Å². The highest BCUT2D eigenvalue weighted by atomic mass is 32.2. The Morgan fingerprint density at radius 3 is 2.75 bits per heavy atom. The summed E-state index contributed by atoms with van der Waals surface area (Å²) in [6.45, 7) is 2.04. The summed E-state index contributed by atoms with van der Waals surface area (Å²) in [5.74, 6) is -0.636. The number of amides is 1. The van der Waals surface area contributed by atoms with Crippen molar-refractivity contribution in [3.8, 4) is 11.3 Å². The maximum absolute atomic E-state index is 13.7. The lowest BCUT2D eigenvalue weighted by Gasteiger charge is -2.06. The lowest BCUT2D eigenvalue weighted by Crippen LogP contribution is -2.15. The number of nitrogens with one attached hydrogen (secondary N) is 1. The molecule has 4 rings (SSSR count). The van der Waals surface area contributed by atoms with Gasteiger partial charge >= 0.3 is 0 Å². The van der Waals surface area contributed by atoms with Crippen molar-refractivity contribution < 1.29 is 9.18 Å². The summed E-state index contributed by atoms with van der Waals surface area (Å²) in [5, 5.41) is 7.86. The number of nitrogens with zero attached hydrogens (tertiary/aromatic N) is 3. The van der Waals surface area contributed by atoms with Crippen molar-refractivity contribution in [2.45, 2.75) is 11.9 Å². The molecule has 2 aromatic heterocycles. The van der Waals surface area contributed by atoms with E-state index in [0.29, 0.717) is 5.03 Å². The average molecular weight is 392 g/mol. The van der Waals surface area contributed by atoms with Crippen LogP contribution in [0.4, 0.5) is 10.1 Å². The molecule has 0 saturated carbocycles. The molecule has 2 heterocycles. The fourth-order valence-corrected chi connectivity index (χ4v) is 3.53. The molecule has 7 heteroatoms. The number of thioether (sulfide) groups is 1. The van der Waals surface area contributed by atoms with E-state index in [9.17, 15) is 9.18 Å². The lowest BCUT2D eigenvalue weighted by atomic mass is 10.1. The maximum Gasteiger partial charge on any atom is 0.234 e. The molecule has 1 N–H and O–H groups in total. The summed E-state index contributed by atoms with van der Waals surface area (Å²) < 4.78 is 15.4. The number of benzene rings is 2. The zero-order valence-electron chi connectivity index (χ0n) is 15.1. The second-order valence-electron chi connectivity index (χ2n) is 6.27. The number of fused-ring (bicyclic) bond motifs is 1. The van der Waals surface area contributed by atoms with Crippen LogP contribution in [0.3, 0.4) is 0 Å². The van der Waals surface area contributed by atoms with Gasteiger partial charge in [0.25, 0.3) is 0 Å². The van der Waals surface area contributed by atoms with Crippen molar-refractivity contribution in [2.75, 3.05) is 11.1 Å². The number of halogens is 1. The van der Waals surface area contributed by atoms with Gasteiger partial charge in [0.1, 0.15) is 10.8 Å². The molecular formula is C21H17FN4OS. The van der Waals surface area contributed by atoms with Crippen LogP contribution in [0.5, 0.6) is 0 Å². The molecule has 5 nitrogen and oxygen atoms in total. The number of hydrogen-bond donors (Lipinski definition) is 1. The van der Waals surface area contributed by atoms with Gasteiger partial charge in [0.2, 0.25) is 5.91 Å². The second kappa shape index (κ2) is 7.82. The molecule has 0 radical (unpaired) electrons. The molecule has 0 spiro atoms. The summed E-state index contributed by atoms with van der Waals surface area (Å²) in [4.78, 5) is 16.6. The van der Waals surface area contributed by atoms with Gasteiger partial charge in [-0.2, -0.15) is 5.10 Å². The highest BCUT2D eigenvalue weighted by Gasteiger charge is 2.12. The van der Waals surface area contributed by atoms with E-state index in [0.717, 1.165) is 16.8 Å². The number of carbonyl (C=O) groups is 1. The second-order valence-corrected chi connectivity index (χ2v) is 7.24. The number of carbonyl (C=O) groups excluding carboxylic acids is 1. The van der Waals surface area contributed by atoms with Gasteiger partial charge in [-0.1, -0.05) is 53.7 Å². The molecule has 0 atom stereocenters. The highest BCUT2D eigenvalue weighted by molar-refractivity contribution is 8.00. The first-order chi connectivity index (χ1) is 13.6. The summed E-state index contributed by atoms with van der Waals surface area (Å²) in [5.41, 5.74) is 4.03. The van der Waals surface area contributed by atoms with Crippen LogP contribution in [0, 0.1) is 12.7 Å². The Labute approximate surface area is 165 Å². The molecule has 0 aliphatic carbocycles. The van der Waals surface area contributed by atoms with Crippen LogP contribution in [0.1, 0.15) is 5.56 Å². The van der Waals surface area contributed by atoms with Crippen LogP contribution < -0.4 is 5.32 Å². The topological polar surface area (TPSA) is 59.3 Å². The largest absolute Gasteiger partial charge is 0.323 e. The molecule has 0 fully saturated rings. The summed E-state index contributed by atoms with van der Waals surface area (Å²) in [7, 11) is 0. The molecule has 0 saturated heterocycles. The van der Waals surface area contributed by atoms with E-state index in [1.807, 2.05) is 37.3 Å². The van der Waals surface area contributed by atoms with Gasteiger partial charge in [0, 0.05) is 18.0 Å². The minimum atomic E-state index is -0.459. The zero-order chi connectivity index (χ0) is 19.5. The standard InChI is InChI=1S/C21H17FN4OS/c1-14-6-8-15(9-7-14)18-12-19-21(23-10-11-26(19)25-18)28-13-20(27)24-17-5-3-2-4-16(17)22/h2-12H,13H2,1H3,(H,24,27).